The summed E-state index contributed by atoms with van der Waals surface area (Å²) < 4.78 is 16.4. The van der Waals surface area contributed by atoms with Gasteiger partial charge in [-0.05, 0) is 55.6 Å². The number of carbonyl (C=O) groups excluding carboxylic acids is 2. The molecule has 230 valence electrons. The van der Waals surface area contributed by atoms with Gasteiger partial charge in [0.1, 0.15) is 22.8 Å². The Morgan fingerprint density at radius 2 is 1.33 bits per heavy atom. The Bertz CT molecular complexity index is 1360. The maximum atomic E-state index is 13.6. The average molecular weight is 590 g/mol. The number of nitrogens with one attached hydrogen (secondary N) is 2. The highest BCUT2D eigenvalue weighted by Gasteiger charge is 2.25. The van der Waals surface area contributed by atoms with Gasteiger partial charge in [-0.15, -0.1) is 0 Å². The van der Waals surface area contributed by atoms with Gasteiger partial charge in [0, 0.05) is 50.6 Å². The second-order valence-electron chi connectivity index (χ2n) is 10.2. The predicted molar refractivity (Wildman–Crippen MR) is 171 cm³/mol. The smallest absolute Gasteiger partial charge is 0.263 e. The molecule has 4 rings (SSSR count). The summed E-state index contributed by atoms with van der Waals surface area (Å²) in [6, 6.07) is 18.7. The summed E-state index contributed by atoms with van der Waals surface area (Å²) in [5.74, 6) is 1.07. The molecule has 2 amide bonds. The summed E-state index contributed by atoms with van der Waals surface area (Å²) in [5, 5.41) is 6.03. The fourth-order valence-electron chi connectivity index (χ4n) is 5.38. The first-order valence-electron chi connectivity index (χ1n) is 14.7. The number of carbonyl (C=O) groups is 2. The Hall–Kier alpha value is -4.44. The quantitative estimate of drug-likeness (QED) is 0.304. The Balaban J connectivity index is 1.57. The molecule has 0 aromatic heterocycles. The molecule has 10 heteroatoms. The molecule has 1 aliphatic rings. The van der Waals surface area contributed by atoms with E-state index in [2.05, 4.69) is 45.2 Å². The van der Waals surface area contributed by atoms with E-state index in [1.165, 1.54) is 14.2 Å². The van der Waals surface area contributed by atoms with Gasteiger partial charge in [-0.1, -0.05) is 32.0 Å². The van der Waals surface area contributed by atoms with Crippen LogP contribution < -0.4 is 34.6 Å². The number of benzene rings is 3. The normalized spacial score (nSPS) is 13.1. The fraction of sp³-hybridized carbons (Fsp3) is 0.394. The van der Waals surface area contributed by atoms with Gasteiger partial charge in [0.25, 0.3) is 11.8 Å². The number of amides is 2. The molecular formula is C33H43N5O5. The molecule has 43 heavy (non-hydrogen) atoms. The SMILES string of the molecule is CCN(CC)CCNC(=O)c1cc(NC(=O)c2c(OC)cccc2OC)ccc1N1CCN(c2ccccc2OC)CC1. The van der Waals surface area contributed by atoms with Crippen LogP contribution in [0.2, 0.25) is 0 Å². The lowest BCUT2D eigenvalue weighted by Gasteiger charge is -2.38. The van der Waals surface area contributed by atoms with Crippen molar-refractivity contribution in [3.05, 3.63) is 71.8 Å². The highest BCUT2D eigenvalue weighted by molar-refractivity contribution is 6.09. The van der Waals surface area contributed by atoms with Crippen molar-refractivity contribution < 1.29 is 23.8 Å². The zero-order chi connectivity index (χ0) is 30.8. The van der Waals surface area contributed by atoms with Crippen molar-refractivity contribution in [2.24, 2.45) is 0 Å². The van der Waals surface area contributed by atoms with Gasteiger partial charge in [0.15, 0.2) is 0 Å². The lowest BCUT2D eigenvalue weighted by Crippen LogP contribution is -2.47. The number of ether oxygens (including phenoxy) is 3. The first-order valence-corrected chi connectivity index (χ1v) is 14.7. The molecule has 0 radical (unpaired) electrons. The largest absolute Gasteiger partial charge is 0.496 e. The Morgan fingerprint density at radius 1 is 0.744 bits per heavy atom. The minimum Gasteiger partial charge on any atom is -0.496 e. The molecule has 3 aromatic carbocycles. The van der Waals surface area contributed by atoms with Gasteiger partial charge in [-0.25, -0.2) is 0 Å². The average Bonchev–Trinajstić information content (AvgIpc) is 3.06. The molecule has 0 spiro atoms. The highest BCUT2D eigenvalue weighted by atomic mass is 16.5. The van der Waals surface area contributed by atoms with Crippen LogP contribution >= 0.6 is 0 Å². The molecule has 1 heterocycles. The number of methoxy groups -OCH3 is 3. The minimum atomic E-state index is -0.389. The summed E-state index contributed by atoms with van der Waals surface area (Å²) in [7, 11) is 4.70. The maximum absolute atomic E-state index is 13.6. The molecule has 0 saturated carbocycles. The zero-order valence-electron chi connectivity index (χ0n) is 25.8. The fourth-order valence-corrected chi connectivity index (χ4v) is 5.38. The minimum absolute atomic E-state index is 0.180. The Morgan fingerprint density at radius 3 is 1.93 bits per heavy atom. The number of hydrogen-bond donors (Lipinski definition) is 2. The van der Waals surface area contributed by atoms with E-state index >= 15 is 0 Å². The van der Waals surface area contributed by atoms with Crippen molar-refractivity contribution in [3.8, 4) is 17.2 Å². The van der Waals surface area contributed by atoms with Crippen LogP contribution in [0.3, 0.4) is 0 Å². The van der Waals surface area contributed by atoms with Gasteiger partial charge in [0.2, 0.25) is 0 Å². The van der Waals surface area contributed by atoms with Crippen LogP contribution in [0.25, 0.3) is 0 Å². The first kappa shape index (κ1) is 31.5. The second kappa shape index (κ2) is 15.2. The van der Waals surface area contributed by atoms with Crippen molar-refractivity contribution in [1.29, 1.82) is 0 Å². The summed E-state index contributed by atoms with van der Waals surface area (Å²) in [5.41, 5.74) is 3.18. The van der Waals surface area contributed by atoms with Gasteiger partial charge >= 0.3 is 0 Å². The van der Waals surface area contributed by atoms with Gasteiger partial charge in [-0.2, -0.15) is 0 Å². The van der Waals surface area contributed by atoms with E-state index in [0.29, 0.717) is 29.3 Å². The predicted octanol–water partition coefficient (Wildman–Crippen LogP) is 4.36. The Kier molecular flexibility index (Phi) is 11.1. The standard InChI is InChI=1S/C33H43N5O5/c1-6-36(7-2)18-17-34-32(39)25-23-24(35-33(40)31-29(42-4)13-10-14-30(31)43-5)15-16-26(25)37-19-21-38(22-20-37)27-11-8-9-12-28(27)41-3/h8-16,23H,6-7,17-22H2,1-5H3,(H,34,39)(H,35,40). The number of para-hydroxylation sites is 2. The summed E-state index contributed by atoms with van der Waals surface area (Å²) >= 11 is 0. The third kappa shape index (κ3) is 7.50. The summed E-state index contributed by atoms with van der Waals surface area (Å²) in [4.78, 5) is 33.8. The third-order valence-corrected chi connectivity index (χ3v) is 7.81. The molecule has 2 N–H and O–H groups in total. The van der Waals surface area contributed by atoms with Crippen molar-refractivity contribution in [3.63, 3.8) is 0 Å². The van der Waals surface area contributed by atoms with Crippen LogP contribution in [-0.2, 0) is 0 Å². The van der Waals surface area contributed by atoms with Gasteiger partial charge in [-0.3, -0.25) is 9.59 Å². The first-order chi connectivity index (χ1) is 20.9. The molecule has 0 bridgehead atoms. The topological polar surface area (TPSA) is 95.6 Å². The summed E-state index contributed by atoms with van der Waals surface area (Å²) in [6.45, 7) is 10.3. The van der Waals surface area contributed by atoms with E-state index in [0.717, 1.165) is 62.9 Å². The highest BCUT2D eigenvalue weighted by Crippen LogP contribution is 2.32. The molecule has 0 atom stereocenters. The van der Waals surface area contributed by atoms with Crippen molar-refractivity contribution in [1.82, 2.24) is 10.2 Å². The molecule has 3 aromatic rings. The van der Waals surface area contributed by atoms with Crippen LogP contribution in [0.5, 0.6) is 17.2 Å². The maximum Gasteiger partial charge on any atom is 0.263 e. The van der Waals surface area contributed by atoms with Crippen LogP contribution in [0, 0.1) is 0 Å². The van der Waals surface area contributed by atoms with Crippen LogP contribution in [0.15, 0.2) is 60.7 Å². The number of nitrogens with zero attached hydrogens (tertiary/aromatic N) is 3. The van der Waals surface area contributed by atoms with E-state index < -0.39 is 0 Å². The van der Waals surface area contributed by atoms with E-state index in [4.69, 9.17) is 14.2 Å². The molecule has 0 unspecified atom stereocenters. The number of likely N-dealkylation sites (N-methyl/N-ethyl adjacent to an activating group) is 1. The van der Waals surface area contributed by atoms with E-state index in [1.54, 1.807) is 31.4 Å². The molecule has 10 nitrogen and oxygen atoms in total. The Labute approximate surface area is 254 Å². The molecular weight excluding hydrogens is 546 g/mol. The van der Waals surface area contributed by atoms with Crippen LogP contribution in [-0.4, -0.2) is 90.4 Å². The van der Waals surface area contributed by atoms with E-state index in [-0.39, 0.29) is 17.4 Å². The van der Waals surface area contributed by atoms with Crippen molar-refractivity contribution >= 4 is 28.9 Å². The monoisotopic (exact) mass is 589 g/mol. The van der Waals surface area contributed by atoms with Gasteiger partial charge in [0.05, 0.1) is 32.6 Å². The second-order valence-corrected chi connectivity index (χ2v) is 10.2. The van der Waals surface area contributed by atoms with Crippen molar-refractivity contribution in [2.75, 3.05) is 88.8 Å². The number of anilines is 3. The molecule has 1 saturated heterocycles. The molecule has 1 fully saturated rings. The third-order valence-electron chi connectivity index (χ3n) is 7.81. The zero-order valence-corrected chi connectivity index (χ0v) is 25.8. The number of hydrogen-bond acceptors (Lipinski definition) is 8. The van der Waals surface area contributed by atoms with Gasteiger partial charge < -0.3 is 39.5 Å². The van der Waals surface area contributed by atoms with Crippen LogP contribution in [0.4, 0.5) is 17.1 Å². The van der Waals surface area contributed by atoms with Crippen molar-refractivity contribution in [2.45, 2.75) is 13.8 Å². The molecule has 0 aliphatic carbocycles. The van der Waals surface area contributed by atoms with E-state index in [1.807, 2.05) is 30.3 Å². The lowest BCUT2D eigenvalue weighted by molar-refractivity contribution is 0.0947. The lowest BCUT2D eigenvalue weighted by atomic mass is 10.1. The summed E-state index contributed by atoms with van der Waals surface area (Å²) in [6.07, 6.45) is 0. The van der Waals surface area contributed by atoms with E-state index in [9.17, 15) is 9.59 Å². The number of rotatable bonds is 13. The molecule has 1 aliphatic heterocycles. The number of piperazine rings is 1. The van der Waals surface area contributed by atoms with Crippen LogP contribution in [0.1, 0.15) is 34.6 Å².